The van der Waals surface area contributed by atoms with Crippen molar-refractivity contribution >= 4 is 15.7 Å². The number of nitrogens with one attached hydrogen (secondary N) is 1. The van der Waals surface area contributed by atoms with Crippen LogP contribution in [-0.4, -0.2) is 24.8 Å². The first-order valence-electron chi connectivity index (χ1n) is 5.80. The molecule has 1 N–H and O–H groups in total. The number of nitrogens with zero attached hydrogens (tertiary/aromatic N) is 1. The first-order chi connectivity index (χ1) is 10.2. The summed E-state index contributed by atoms with van der Waals surface area (Å²) < 4.78 is 65.6. The van der Waals surface area contributed by atoms with Gasteiger partial charge >= 0.3 is 5.51 Å². The number of alkyl halides is 3. The lowest BCUT2D eigenvalue weighted by Crippen LogP contribution is -2.30. The maximum absolute atomic E-state index is 12.6. The fourth-order valence-electron chi connectivity index (χ4n) is 1.56. The molecule has 0 atom stereocenters. The summed E-state index contributed by atoms with van der Waals surface area (Å²) in [7, 11) is -5.72. The first kappa shape index (κ1) is 16.0. The smallest absolute Gasteiger partial charge is 0.467 e. The number of halogens is 3. The summed E-state index contributed by atoms with van der Waals surface area (Å²) in [4.78, 5) is 15.1. The lowest BCUT2D eigenvalue weighted by atomic mass is 10.2. The number of amides is 1. The molecule has 0 radical (unpaired) electrons. The highest BCUT2D eigenvalue weighted by molar-refractivity contribution is 7.92. The molecule has 2 aromatic rings. The fraction of sp³-hybridized carbons (Fsp3) is 0.167. The molecule has 2 rings (SSSR count). The molecule has 0 aromatic carbocycles. The number of carbonyl (C=O) groups excluding carboxylic acids is 1. The minimum Gasteiger partial charge on any atom is -0.467 e. The molecule has 0 aliphatic heterocycles. The van der Waals surface area contributed by atoms with E-state index in [0.29, 0.717) is 5.76 Å². The van der Waals surface area contributed by atoms with E-state index in [2.05, 4.69) is 10.3 Å². The summed E-state index contributed by atoms with van der Waals surface area (Å²) in [5.74, 6) is -0.648. The lowest BCUT2D eigenvalue weighted by molar-refractivity contribution is -0.0438. The first-order valence-corrected chi connectivity index (χ1v) is 7.29. The Morgan fingerprint density at radius 1 is 1.27 bits per heavy atom. The van der Waals surface area contributed by atoms with Gasteiger partial charge < -0.3 is 9.73 Å². The summed E-state index contributed by atoms with van der Waals surface area (Å²) in [5.41, 5.74) is -6.23. The van der Waals surface area contributed by atoms with Crippen LogP contribution in [0.3, 0.4) is 0 Å². The summed E-state index contributed by atoms with van der Waals surface area (Å²) in [6, 6.07) is 5.21. The zero-order valence-corrected chi connectivity index (χ0v) is 11.6. The molecular formula is C12H9F3N2O4S. The van der Waals surface area contributed by atoms with Crippen LogP contribution < -0.4 is 5.32 Å². The van der Waals surface area contributed by atoms with Crippen LogP contribution in [0, 0.1) is 0 Å². The third kappa shape index (κ3) is 3.11. The van der Waals surface area contributed by atoms with Crippen LogP contribution in [0.2, 0.25) is 0 Å². The van der Waals surface area contributed by atoms with Crippen LogP contribution >= 0.6 is 0 Å². The Morgan fingerprint density at radius 3 is 2.59 bits per heavy atom. The molecule has 0 aliphatic rings. The predicted molar refractivity (Wildman–Crippen MR) is 67.4 cm³/mol. The SMILES string of the molecule is O=C(NCc1ccco1)c1cccnc1S(=O)(=O)C(F)(F)F. The van der Waals surface area contributed by atoms with Crippen LogP contribution in [0.15, 0.2) is 46.2 Å². The molecular weight excluding hydrogens is 325 g/mol. The van der Waals surface area contributed by atoms with Crippen LogP contribution in [-0.2, 0) is 16.4 Å². The molecule has 0 saturated carbocycles. The van der Waals surface area contributed by atoms with Crippen molar-refractivity contribution < 1.29 is 30.8 Å². The van der Waals surface area contributed by atoms with Crippen molar-refractivity contribution in [1.82, 2.24) is 10.3 Å². The average molecular weight is 334 g/mol. The molecule has 0 fully saturated rings. The van der Waals surface area contributed by atoms with E-state index in [1.165, 1.54) is 12.3 Å². The minimum absolute atomic E-state index is 0.105. The average Bonchev–Trinajstić information content (AvgIpc) is 2.97. The molecule has 6 nitrogen and oxygen atoms in total. The fourth-order valence-corrected chi connectivity index (χ4v) is 2.43. The van der Waals surface area contributed by atoms with Gasteiger partial charge in [-0.15, -0.1) is 0 Å². The van der Waals surface area contributed by atoms with Gasteiger partial charge in [-0.05, 0) is 24.3 Å². The van der Waals surface area contributed by atoms with E-state index in [0.717, 1.165) is 18.3 Å². The van der Waals surface area contributed by atoms with E-state index in [9.17, 15) is 26.4 Å². The standard InChI is InChI=1S/C12H9F3N2O4S/c13-12(14,15)22(19,20)11-9(4-1-5-16-11)10(18)17-7-8-3-2-6-21-8/h1-6H,7H2,(H,17,18). The Balaban J connectivity index is 2.31. The Kier molecular flexibility index (Phi) is 4.22. The van der Waals surface area contributed by atoms with Crippen molar-refractivity contribution in [3.63, 3.8) is 0 Å². The predicted octanol–water partition coefficient (Wildman–Crippen LogP) is 1.90. The number of carbonyl (C=O) groups is 1. The molecule has 2 aromatic heterocycles. The van der Waals surface area contributed by atoms with Gasteiger partial charge in [0.05, 0.1) is 18.4 Å². The maximum Gasteiger partial charge on any atom is 0.503 e. The van der Waals surface area contributed by atoms with Crippen molar-refractivity contribution in [2.24, 2.45) is 0 Å². The second-order valence-corrected chi connectivity index (χ2v) is 5.92. The van der Waals surface area contributed by atoms with E-state index < -0.39 is 31.8 Å². The van der Waals surface area contributed by atoms with Gasteiger partial charge in [0.15, 0.2) is 5.03 Å². The highest BCUT2D eigenvalue weighted by atomic mass is 32.2. The van der Waals surface area contributed by atoms with Crippen LogP contribution in [0.5, 0.6) is 0 Å². The van der Waals surface area contributed by atoms with Gasteiger partial charge in [0.25, 0.3) is 15.7 Å². The quantitative estimate of drug-likeness (QED) is 0.922. The van der Waals surface area contributed by atoms with Gasteiger partial charge in [0.2, 0.25) is 0 Å². The van der Waals surface area contributed by atoms with Gasteiger partial charge in [-0.1, -0.05) is 0 Å². The zero-order valence-electron chi connectivity index (χ0n) is 10.8. The van der Waals surface area contributed by atoms with Gasteiger partial charge in [0, 0.05) is 6.20 Å². The van der Waals surface area contributed by atoms with Crippen molar-refractivity contribution in [3.8, 4) is 0 Å². The number of hydrogen-bond donors (Lipinski definition) is 1. The summed E-state index contributed by atoms with van der Waals surface area (Å²) in [6.45, 7) is -0.105. The molecule has 0 unspecified atom stereocenters. The number of furan rings is 1. The Bertz CT molecular complexity index is 770. The summed E-state index contributed by atoms with van der Waals surface area (Å²) >= 11 is 0. The second-order valence-electron chi connectivity index (χ2n) is 4.07. The minimum atomic E-state index is -5.72. The Hall–Kier alpha value is -2.36. The number of sulfone groups is 1. The number of aromatic nitrogens is 1. The monoisotopic (exact) mass is 334 g/mol. The van der Waals surface area contributed by atoms with Crippen molar-refractivity contribution in [2.45, 2.75) is 17.1 Å². The third-order valence-electron chi connectivity index (χ3n) is 2.58. The summed E-state index contributed by atoms with van der Waals surface area (Å²) in [6.07, 6.45) is 2.22. The largest absolute Gasteiger partial charge is 0.503 e. The van der Waals surface area contributed by atoms with Crippen molar-refractivity contribution in [3.05, 3.63) is 48.0 Å². The highest BCUT2D eigenvalue weighted by Crippen LogP contribution is 2.30. The maximum atomic E-state index is 12.6. The molecule has 0 bridgehead atoms. The third-order valence-corrected chi connectivity index (χ3v) is 4.02. The van der Waals surface area contributed by atoms with Gasteiger partial charge in [-0.25, -0.2) is 13.4 Å². The molecule has 118 valence electrons. The summed E-state index contributed by atoms with van der Waals surface area (Å²) in [5, 5.41) is 0.927. The van der Waals surface area contributed by atoms with Crippen LogP contribution in [0.1, 0.15) is 16.1 Å². The lowest BCUT2D eigenvalue weighted by Gasteiger charge is -2.11. The molecule has 22 heavy (non-hydrogen) atoms. The van der Waals surface area contributed by atoms with Gasteiger partial charge in [-0.3, -0.25) is 4.79 Å². The number of hydrogen-bond acceptors (Lipinski definition) is 5. The van der Waals surface area contributed by atoms with E-state index in [-0.39, 0.29) is 6.54 Å². The number of pyridine rings is 1. The van der Waals surface area contributed by atoms with Crippen molar-refractivity contribution in [2.75, 3.05) is 0 Å². The molecule has 1 amide bonds. The van der Waals surface area contributed by atoms with Gasteiger partial charge in [0.1, 0.15) is 5.76 Å². The number of rotatable bonds is 4. The van der Waals surface area contributed by atoms with E-state index in [1.54, 1.807) is 6.07 Å². The van der Waals surface area contributed by atoms with Crippen molar-refractivity contribution in [1.29, 1.82) is 0 Å². The van der Waals surface area contributed by atoms with Crippen LogP contribution in [0.4, 0.5) is 13.2 Å². The van der Waals surface area contributed by atoms with Gasteiger partial charge in [-0.2, -0.15) is 13.2 Å². The van der Waals surface area contributed by atoms with E-state index >= 15 is 0 Å². The molecule has 0 spiro atoms. The molecule has 10 heteroatoms. The zero-order chi connectivity index (χ0) is 16.4. The van der Waals surface area contributed by atoms with E-state index in [4.69, 9.17) is 4.42 Å². The Morgan fingerprint density at radius 2 is 2.00 bits per heavy atom. The molecule has 0 aliphatic carbocycles. The molecule has 0 saturated heterocycles. The van der Waals surface area contributed by atoms with Crippen LogP contribution in [0.25, 0.3) is 0 Å². The Labute approximate surface area is 122 Å². The second kappa shape index (κ2) is 5.79. The molecule has 2 heterocycles. The highest BCUT2D eigenvalue weighted by Gasteiger charge is 2.49. The van der Waals surface area contributed by atoms with E-state index in [1.807, 2.05) is 0 Å². The topological polar surface area (TPSA) is 89.3 Å². The normalized spacial score (nSPS) is 12.1.